The fourth-order valence-corrected chi connectivity index (χ4v) is 5.66. The molecule has 9 heteroatoms. The van der Waals surface area contributed by atoms with E-state index in [2.05, 4.69) is 0 Å². The van der Waals surface area contributed by atoms with Crippen LogP contribution < -0.4 is 4.74 Å². The number of aromatic nitrogens is 1. The molecule has 0 bridgehead atoms. The number of carboxylic acids is 1. The van der Waals surface area contributed by atoms with Crippen molar-refractivity contribution in [2.45, 2.75) is 43.7 Å². The van der Waals surface area contributed by atoms with Crippen LogP contribution >= 0.6 is 0 Å². The zero-order valence-corrected chi connectivity index (χ0v) is 18.7. The molecule has 1 aliphatic heterocycles. The van der Waals surface area contributed by atoms with Gasteiger partial charge in [0.15, 0.2) is 0 Å². The lowest BCUT2D eigenvalue weighted by atomic mass is 10.1. The summed E-state index contributed by atoms with van der Waals surface area (Å²) in [4.78, 5) is 11.4. The zero-order chi connectivity index (χ0) is 23.0. The monoisotopic (exact) mass is 460 g/mol. The van der Waals surface area contributed by atoms with Crippen LogP contribution in [0.1, 0.15) is 31.9 Å². The van der Waals surface area contributed by atoms with Crippen LogP contribution in [0.25, 0.3) is 10.9 Å². The summed E-state index contributed by atoms with van der Waals surface area (Å²) in [5.74, 6) is -0.802. The molecule has 1 atom stereocenters. The van der Waals surface area contributed by atoms with Crippen molar-refractivity contribution < 1.29 is 27.4 Å². The molecule has 7 nitrogen and oxygen atoms in total. The number of benzene rings is 2. The van der Waals surface area contributed by atoms with Crippen LogP contribution in [0.5, 0.6) is 5.75 Å². The smallest absolute Gasteiger partial charge is 0.307 e. The van der Waals surface area contributed by atoms with Gasteiger partial charge in [-0.05, 0) is 68.3 Å². The van der Waals surface area contributed by atoms with E-state index in [1.807, 2.05) is 18.4 Å². The highest BCUT2D eigenvalue weighted by Gasteiger charge is 2.34. The van der Waals surface area contributed by atoms with Crippen molar-refractivity contribution >= 4 is 26.9 Å². The first-order valence-corrected chi connectivity index (χ1v) is 11.9. The summed E-state index contributed by atoms with van der Waals surface area (Å²) in [6.45, 7) is 4.33. The van der Waals surface area contributed by atoms with Crippen molar-refractivity contribution in [3.63, 3.8) is 0 Å². The maximum Gasteiger partial charge on any atom is 0.307 e. The second-order valence-corrected chi connectivity index (χ2v) is 10.2. The van der Waals surface area contributed by atoms with Gasteiger partial charge in [0.2, 0.25) is 10.0 Å². The predicted molar refractivity (Wildman–Crippen MR) is 118 cm³/mol. The Balaban J connectivity index is 1.60. The van der Waals surface area contributed by atoms with Gasteiger partial charge in [0.25, 0.3) is 0 Å². The van der Waals surface area contributed by atoms with E-state index in [9.17, 15) is 22.7 Å². The van der Waals surface area contributed by atoms with E-state index in [1.54, 1.807) is 24.4 Å². The van der Waals surface area contributed by atoms with Crippen LogP contribution in [-0.4, -0.2) is 47.6 Å². The van der Waals surface area contributed by atoms with Crippen LogP contribution in [0, 0.1) is 5.82 Å². The second-order valence-electron chi connectivity index (χ2n) is 8.24. The molecular weight excluding hydrogens is 435 g/mol. The molecule has 1 N–H and O–H groups in total. The molecule has 0 aliphatic carbocycles. The minimum Gasteiger partial charge on any atom is -0.491 e. The molecule has 170 valence electrons. The molecule has 0 radical (unpaired) electrons. The average molecular weight is 461 g/mol. The third-order valence-electron chi connectivity index (χ3n) is 5.57. The number of carbonyl (C=O) groups is 1. The Hall–Kier alpha value is -2.91. The van der Waals surface area contributed by atoms with Crippen molar-refractivity contribution in [1.29, 1.82) is 0 Å². The molecule has 1 fully saturated rings. The number of ether oxygens (including phenoxy) is 1. The molecule has 1 saturated heterocycles. The van der Waals surface area contributed by atoms with Crippen LogP contribution in [0.4, 0.5) is 4.39 Å². The summed E-state index contributed by atoms with van der Waals surface area (Å²) >= 11 is 0. The number of fused-ring (bicyclic) bond motifs is 1. The van der Waals surface area contributed by atoms with E-state index in [4.69, 9.17) is 4.74 Å². The van der Waals surface area contributed by atoms with Crippen LogP contribution in [-0.2, 0) is 21.2 Å². The lowest BCUT2D eigenvalue weighted by molar-refractivity contribution is -0.136. The maximum atomic E-state index is 13.9. The highest BCUT2D eigenvalue weighted by atomic mass is 32.2. The minimum absolute atomic E-state index is 0.0101. The number of hydrogen-bond donors (Lipinski definition) is 1. The Morgan fingerprint density at radius 1 is 1.22 bits per heavy atom. The van der Waals surface area contributed by atoms with Gasteiger partial charge in [-0.1, -0.05) is 0 Å². The first-order chi connectivity index (χ1) is 15.1. The molecule has 0 amide bonds. The molecule has 0 unspecified atom stereocenters. The van der Waals surface area contributed by atoms with Crippen LogP contribution in [0.2, 0.25) is 0 Å². The van der Waals surface area contributed by atoms with E-state index >= 15 is 0 Å². The molecule has 32 heavy (non-hydrogen) atoms. The SMILES string of the molecule is CC(C)Oc1ccc(S(=O)(=O)N2CC[C@@H](n3cc(CC(=O)O)c4ccc(F)cc43)C2)cc1. The van der Waals surface area contributed by atoms with Gasteiger partial charge >= 0.3 is 5.97 Å². The van der Waals surface area contributed by atoms with Crippen molar-refractivity contribution in [3.8, 4) is 5.75 Å². The Bertz CT molecular complexity index is 1250. The predicted octanol–water partition coefficient (Wildman–Crippen LogP) is 3.83. The fourth-order valence-electron chi connectivity index (χ4n) is 4.17. The number of hydrogen-bond acceptors (Lipinski definition) is 4. The summed E-state index contributed by atoms with van der Waals surface area (Å²) in [6.07, 6.45) is 2.05. The topological polar surface area (TPSA) is 88.8 Å². The quantitative estimate of drug-likeness (QED) is 0.579. The second kappa shape index (κ2) is 8.55. The maximum absolute atomic E-state index is 13.9. The van der Waals surface area contributed by atoms with E-state index in [1.165, 1.54) is 28.6 Å². The van der Waals surface area contributed by atoms with Crippen molar-refractivity contribution in [3.05, 3.63) is 60.0 Å². The van der Waals surface area contributed by atoms with Gasteiger partial charge < -0.3 is 14.4 Å². The molecule has 0 saturated carbocycles. The van der Waals surface area contributed by atoms with Crippen molar-refractivity contribution in [2.24, 2.45) is 0 Å². The highest BCUT2D eigenvalue weighted by molar-refractivity contribution is 7.89. The van der Waals surface area contributed by atoms with Gasteiger partial charge in [0.05, 0.1) is 22.9 Å². The molecular formula is C23H25FN2O5S. The van der Waals surface area contributed by atoms with Crippen LogP contribution in [0.15, 0.2) is 53.6 Å². The number of aliphatic carboxylic acids is 1. The Labute approximate surface area is 186 Å². The van der Waals surface area contributed by atoms with Gasteiger partial charge in [0, 0.05) is 30.7 Å². The van der Waals surface area contributed by atoms with Crippen molar-refractivity contribution in [1.82, 2.24) is 8.87 Å². The fraction of sp³-hybridized carbons (Fsp3) is 0.348. The van der Waals surface area contributed by atoms with Gasteiger partial charge in [-0.25, -0.2) is 12.8 Å². The number of rotatable bonds is 7. The Morgan fingerprint density at radius 3 is 2.59 bits per heavy atom. The average Bonchev–Trinajstić information content (AvgIpc) is 3.33. The Kier molecular flexibility index (Phi) is 5.96. The molecule has 4 rings (SSSR count). The minimum atomic E-state index is -3.70. The largest absolute Gasteiger partial charge is 0.491 e. The molecule has 1 aliphatic rings. The number of halogens is 1. The first-order valence-electron chi connectivity index (χ1n) is 10.4. The lowest BCUT2D eigenvalue weighted by Crippen LogP contribution is -2.29. The molecule has 0 spiro atoms. The van der Waals surface area contributed by atoms with Crippen LogP contribution in [0.3, 0.4) is 0 Å². The zero-order valence-electron chi connectivity index (χ0n) is 17.9. The van der Waals surface area contributed by atoms with E-state index < -0.39 is 21.8 Å². The highest BCUT2D eigenvalue weighted by Crippen LogP contribution is 2.33. The third-order valence-corrected chi connectivity index (χ3v) is 7.45. The number of carboxylic acid groups (broad SMARTS) is 1. The van der Waals surface area contributed by atoms with Crippen molar-refractivity contribution in [2.75, 3.05) is 13.1 Å². The van der Waals surface area contributed by atoms with Gasteiger partial charge in [-0.2, -0.15) is 4.31 Å². The normalized spacial score (nSPS) is 17.3. The summed E-state index contributed by atoms with van der Waals surface area (Å²) in [6, 6.07) is 10.4. The van der Waals surface area contributed by atoms with Gasteiger partial charge in [-0.3, -0.25) is 4.79 Å². The van der Waals surface area contributed by atoms with Gasteiger partial charge in [0.1, 0.15) is 11.6 Å². The molecule has 3 aromatic rings. The molecule has 2 heterocycles. The van der Waals surface area contributed by atoms with E-state index in [0.717, 1.165) is 0 Å². The Morgan fingerprint density at radius 2 is 1.94 bits per heavy atom. The molecule has 1 aromatic heterocycles. The standard InChI is InChI=1S/C23H25FN2O5S/c1-15(2)31-19-4-6-20(7-5-19)32(29,30)25-10-9-18(14-25)26-13-16(11-23(27)28)21-8-3-17(24)12-22(21)26/h3-8,12-13,15,18H,9-11,14H2,1-2H3,(H,27,28)/t18-/m1/s1. The molecule has 2 aromatic carbocycles. The van der Waals surface area contributed by atoms with E-state index in [0.29, 0.717) is 35.2 Å². The summed E-state index contributed by atoms with van der Waals surface area (Å²) in [5, 5.41) is 9.88. The number of sulfonamides is 1. The summed E-state index contributed by atoms with van der Waals surface area (Å²) in [5.41, 5.74) is 1.15. The lowest BCUT2D eigenvalue weighted by Gasteiger charge is -2.18. The third kappa shape index (κ3) is 4.35. The summed E-state index contributed by atoms with van der Waals surface area (Å²) in [7, 11) is -3.70. The summed E-state index contributed by atoms with van der Waals surface area (Å²) < 4.78 is 49.0. The van der Waals surface area contributed by atoms with E-state index in [-0.39, 0.29) is 30.0 Å². The van der Waals surface area contributed by atoms with Gasteiger partial charge in [-0.15, -0.1) is 0 Å². The first kappa shape index (κ1) is 22.3. The number of nitrogens with zero attached hydrogens (tertiary/aromatic N) is 2.